The van der Waals surface area contributed by atoms with Crippen molar-refractivity contribution in [2.75, 3.05) is 28.7 Å². The Kier molecular flexibility index (Phi) is 4.89. The number of rotatable bonds is 5. The van der Waals surface area contributed by atoms with Crippen molar-refractivity contribution in [3.05, 3.63) is 29.6 Å². The molecule has 156 valence electrons. The predicted molar refractivity (Wildman–Crippen MR) is 115 cm³/mol. The molecule has 7 nitrogen and oxygen atoms in total. The molecule has 29 heavy (non-hydrogen) atoms. The van der Waals surface area contributed by atoms with Crippen LogP contribution in [0.2, 0.25) is 0 Å². The number of carbonyl (C=O) groups excluding carboxylic acids is 1. The molecule has 1 aromatic rings. The minimum atomic E-state index is -0.582. The maximum Gasteiger partial charge on any atom is 0.246 e. The molecule has 4 rings (SSSR count). The number of hydrogen-bond acceptors (Lipinski definition) is 6. The lowest BCUT2D eigenvalue weighted by atomic mass is 9.90. The molecule has 2 heterocycles. The number of anilines is 3. The lowest BCUT2D eigenvalue weighted by Crippen LogP contribution is -2.54. The predicted octanol–water partition coefficient (Wildman–Crippen LogP) is 3.38. The molecular weight excluding hydrogens is 366 g/mol. The Morgan fingerprint density at radius 3 is 2.66 bits per heavy atom. The molecule has 1 aromatic heterocycles. The van der Waals surface area contributed by atoms with E-state index in [0.29, 0.717) is 18.9 Å². The summed E-state index contributed by atoms with van der Waals surface area (Å²) in [5.74, 6) is 1.34. The summed E-state index contributed by atoms with van der Waals surface area (Å²) in [4.78, 5) is 25.8. The molecule has 0 saturated heterocycles. The summed E-state index contributed by atoms with van der Waals surface area (Å²) >= 11 is 0. The number of allylic oxidation sites excluding steroid dienone is 3. The third kappa shape index (κ3) is 3.31. The normalized spacial score (nSPS) is 29.5. The highest BCUT2D eigenvalue weighted by molar-refractivity contribution is 6.02. The average molecular weight is 398 g/mol. The molecule has 0 atom stereocenters. The van der Waals surface area contributed by atoms with Gasteiger partial charge in [0.05, 0.1) is 18.3 Å². The van der Waals surface area contributed by atoms with Crippen LogP contribution in [0.4, 0.5) is 17.5 Å². The first-order valence-electron chi connectivity index (χ1n) is 10.5. The second-order valence-electron chi connectivity index (χ2n) is 8.69. The summed E-state index contributed by atoms with van der Waals surface area (Å²) in [6, 6.07) is 0. The molecule has 1 amide bonds. The van der Waals surface area contributed by atoms with Crippen LogP contribution in [-0.4, -0.2) is 45.7 Å². The first-order chi connectivity index (χ1) is 13.8. The smallest absolute Gasteiger partial charge is 0.246 e. The van der Waals surface area contributed by atoms with Crippen molar-refractivity contribution in [3.8, 4) is 0 Å². The fourth-order valence-electron chi connectivity index (χ4n) is 5.15. The van der Waals surface area contributed by atoms with E-state index in [1.54, 1.807) is 18.1 Å². The maximum atomic E-state index is 12.7. The Bertz CT molecular complexity index is 883. The minimum Gasteiger partial charge on any atom is -0.390 e. The van der Waals surface area contributed by atoms with Gasteiger partial charge in [-0.25, -0.2) is 4.98 Å². The molecule has 2 aliphatic carbocycles. The number of amides is 1. The molecule has 3 aliphatic rings. The number of likely N-dealkylation sites (N-methyl/N-ethyl adjacent to an activating group) is 1. The van der Waals surface area contributed by atoms with Crippen LogP contribution >= 0.6 is 0 Å². The van der Waals surface area contributed by atoms with Gasteiger partial charge in [-0.1, -0.05) is 19.1 Å². The van der Waals surface area contributed by atoms with E-state index >= 15 is 0 Å². The second kappa shape index (κ2) is 7.13. The van der Waals surface area contributed by atoms with Crippen LogP contribution in [-0.2, 0) is 4.79 Å². The third-order valence-corrected chi connectivity index (χ3v) is 6.85. The number of nitrogens with one attached hydrogen (secondary N) is 1. The van der Waals surface area contributed by atoms with Crippen molar-refractivity contribution in [2.45, 2.75) is 70.4 Å². The standard InChI is InChI=1S/C22H31N5O2/c1-5-7-15(3)16(6-2)24-20-23-12-17-19(25-20)27(13-18(28)26(17)4)21-8-10-22(29,14-21)11-9-21/h6-7,12,29H,5,8-11,13-14H2,1-4H3,(H,23,24,25)/b15-7-,16-6+. The molecule has 2 saturated carbocycles. The zero-order valence-corrected chi connectivity index (χ0v) is 17.8. The third-order valence-electron chi connectivity index (χ3n) is 6.85. The molecule has 0 aromatic carbocycles. The monoisotopic (exact) mass is 397 g/mol. The summed E-state index contributed by atoms with van der Waals surface area (Å²) in [6.45, 7) is 6.46. The lowest BCUT2D eigenvalue weighted by Gasteiger charge is -2.45. The molecule has 2 N–H and O–H groups in total. The molecule has 0 spiro atoms. The zero-order chi connectivity index (χ0) is 20.8. The Morgan fingerprint density at radius 2 is 2.07 bits per heavy atom. The minimum absolute atomic E-state index is 0.0365. The highest BCUT2D eigenvalue weighted by Crippen LogP contribution is 2.55. The van der Waals surface area contributed by atoms with Gasteiger partial charge >= 0.3 is 0 Å². The van der Waals surface area contributed by atoms with Gasteiger partial charge in [0.15, 0.2) is 5.82 Å². The molecule has 0 unspecified atom stereocenters. The van der Waals surface area contributed by atoms with Gasteiger partial charge < -0.3 is 20.2 Å². The van der Waals surface area contributed by atoms with Crippen LogP contribution in [0.5, 0.6) is 0 Å². The Balaban J connectivity index is 1.71. The summed E-state index contributed by atoms with van der Waals surface area (Å²) in [6.07, 6.45) is 11.0. The van der Waals surface area contributed by atoms with Crippen molar-refractivity contribution < 1.29 is 9.90 Å². The van der Waals surface area contributed by atoms with Gasteiger partial charge in [0.2, 0.25) is 11.9 Å². The van der Waals surface area contributed by atoms with Crippen molar-refractivity contribution in [1.82, 2.24) is 9.97 Å². The van der Waals surface area contributed by atoms with E-state index in [1.807, 2.05) is 13.0 Å². The number of carbonyl (C=O) groups is 1. The number of hydrogen-bond donors (Lipinski definition) is 2. The first-order valence-corrected chi connectivity index (χ1v) is 10.5. The number of nitrogens with zero attached hydrogens (tertiary/aromatic N) is 4. The van der Waals surface area contributed by atoms with Gasteiger partial charge in [-0.2, -0.15) is 4.98 Å². The van der Waals surface area contributed by atoms with Crippen LogP contribution in [0.15, 0.2) is 29.6 Å². The number of aliphatic hydroxyl groups is 1. The zero-order valence-electron chi connectivity index (χ0n) is 17.8. The summed E-state index contributed by atoms with van der Waals surface area (Å²) in [7, 11) is 1.78. The van der Waals surface area contributed by atoms with E-state index in [2.05, 4.69) is 35.1 Å². The van der Waals surface area contributed by atoms with Gasteiger partial charge in [-0.3, -0.25) is 4.79 Å². The fourth-order valence-corrected chi connectivity index (χ4v) is 5.15. The van der Waals surface area contributed by atoms with E-state index in [-0.39, 0.29) is 11.4 Å². The molecule has 0 radical (unpaired) electrons. The van der Waals surface area contributed by atoms with Crippen molar-refractivity contribution in [3.63, 3.8) is 0 Å². The Hall–Kier alpha value is -2.41. The van der Waals surface area contributed by atoms with E-state index in [9.17, 15) is 9.90 Å². The van der Waals surface area contributed by atoms with Gasteiger partial charge in [-0.15, -0.1) is 0 Å². The van der Waals surface area contributed by atoms with Crippen molar-refractivity contribution >= 4 is 23.4 Å². The molecule has 1 aliphatic heterocycles. The SMILES string of the molecule is C/C=C(Nc1ncc2c(n1)N(C13CCC(O)(CC1)C3)CC(=O)N2C)\C(C)=C/CC. The van der Waals surface area contributed by atoms with Crippen LogP contribution in [0.3, 0.4) is 0 Å². The maximum absolute atomic E-state index is 12.7. The van der Waals surface area contributed by atoms with Crippen LogP contribution in [0, 0.1) is 0 Å². The van der Waals surface area contributed by atoms with Gasteiger partial charge in [0, 0.05) is 18.3 Å². The topological polar surface area (TPSA) is 81.6 Å². The lowest BCUT2D eigenvalue weighted by molar-refractivity contribution is -0.117. The summed E-state index contributed by atoms with van der Waals surface area (Å²) < 4.78 is 0. The quantitative estimate of drug-likeness (QED) is 0.742. The second-order valence-corrected chi connectivity index (χ2v) is 8.69. The molecule has 2 fully saturated rings. The van der Waals surface area contributed by atoms with Crippen LogP contribution in [0.1, 0.15) is 59.3 Å². The van der Waals surface area contributed by atoms with Crippen LogP contribution < -0.4 is 15.1 Å². The first kappa shape index (κ1) is 19.9. The van der Waals surface area contributed by atoms with Crippen LogP contribution in [0.25, 0.3) is 0 Å². The highest BCUT2D eigenvalue weighted by atomic mass is 16.3. The van der Waals surface area contributed by atoms with E-state index in [1.165, 1.54) is 0 Å². The Labute approximate surface area is 172 Å². The molecular formula is C22H31N5O2. The van der Waals surface area contributed by atoms with E-state index < -0.39 is 5.60 Å². The van der Waals surface area contributed by atoms with Gasteiger partial charge in [0.1, 0.15) is 5.69 Å². The van der Waals surface area contributed by atoms with Gasteiger partial charge in [-0.05, 0) is 57.9 Å². The average Bonchev–Trinajstić information content (AvgIpc) is 3.23. The highest BCUT2D eigenvalue weighted by Gasteiger charge is 2.58. The van der Waals surface area contributed by atoms with Crippen molar-refractivity contribution in [1.29, 1.82) is 0 Å². The molecule has 7 heteroatoms. The van der Waals surface area contributed by atoms with E-state index in [4.69, 9.17) is 4.98 Å². The fraction of sp³-hybridized carbons (Fsp3) is 0.591. The van der Waals surface area contributed by atoms with E-state index in [0.717, 1.165) is 54.9 Å². The summed E-state index contributed by atoms with van der Waals surface area (Å²) in [5, 5.41) is 14.1. The number of fused-ring (bicyclic) bond motifs is 3. The molecule has 2 bridgehead atoms. The number of aromatic nitrogens is 2. The van der Waals surface area contributed by atoms with Gasteiger partial charge in [0.25, 0.3) is 0 Å². The van der Waals surface area contributed by atoms with Crippen molar-refractivity contribution in [2.24, 2.45) is 0 Å². The summed E-state index contributed by atoms with van der Waals surface area (Å²) in [5.41, 5.74) is 2.09. The Morgan fingerprint density at radius 1 is 1.34 bits per heavy atom. The largest absolute Gasteiger partial charge is 0.390 e.